The zero-order valence-electron chi connectivity index (χ0n) is 14.4. The predicted molar refractivity (Wildman–Crippen MR) is 103 cm³/mol. The van der Waals surface area contributed by atoms with Crippen molar-refractivity contribution in [2.75, 3.05) is 19.5 Å². The van der Waals surface area contributed by atoms with Gasteiger partial charge in [-0.05, 0) is 23.3 Å². The Morgan fingerprint density at radius 2 is 1.73 bits per heavy atom. The Morgan fingerprint density at radius 1 is 0.962 bits per heavy atom. The van der Waals surface area contributed by atoms with Crippen molar-refractivity contribution in [1.82, 2.24) is 5.32 Å². The molecule has 1 aliphatic heterocycles. The van der Waals surface area contributed by atoms with Gasteiger partial charge in [0.05, 0.1) is 19.8 Å². The number of amides is 1. The van der Waals surface area contributed by atoms with Gasteiger partial charge in [-0.15, -0.1) is 11.3 Å². The van der Waals surface area contributed by atoms with Crippen molar-refractivity contribution < 1.29 is 14.3 Å². The van der Waals surface area contributed by atoms with Crippen LogP contribution in [-0.4, -0.2) is 20.1 Å². The molecule has 0 unspecified atom stereocenters. The Kier molecular flexibility index (Phi) is 4.26. The lowest BCUT2D eigenvalue weighted by Crippen LogP contribution is -2.37. The summed E-state index contributed by atoms with van der Waals surface area (Å²) in [4.78, 5) is 12.8. The Morgan fingerprint density at radius 3 is 2.46 bits per heavy atom. The van der Waals surface area contributed by atoms with Gasteiger partial charge in [0.2, 0.25) is 0 Å². The van der Waals surface area contributed by atoms with Gasteiger partial charge in [0.1, 0.15) is 11.2 Å². The Hall–Kier alpha value is -2.99. The zero-order chi connectivity index (χ0) is 18.1. The largest absolute Gasteiger partial charge is 0.493 e. The van der Waals surface area contributed by atoms with E-state index in [-0.39, 0.29) is 12.1 Å². The smallest absolute Gasteiger partial charge is 0.256 e. The highest BCUT2D eigenvalue weighted by molar-refractivity contribution is 7.15. The fraction of sp³-hybridized carbons (Fsp3) is 0.150. The van der Waals surface area contributed by atoms with Gasteiger partial charge in [0.25, 0.3) is 5.91 Å². The van der Waals surface area contributed by atoms with Gasteiger partial charge >= 0.3 is 0 Å². The van der Waals surface area contributed by atoms with Crippen LogP contribution in [0.5, 0.6) is 11.5 Å². The van der Waals surface area contributed by atoms with E-state index >= 15 is 0 Å². The minimum Gasteiger partial charge on any atom is -0.493 e. The van der Waals surface area contributed by atoms with E-state index in [1.165, 1.54) is 11.3 Å². The Balaban J connectivity index is 1.68. The number of nitrogens with one attached hydrogen (secondary N) is 2. The number of thiophene rings is 1. The summed E-state index contributed by atoms with van der Waals surface area (Å²) in [5.74, 6) is 1.20. The second kappa shape index (κ2) is 6.72. The quantitative estimate of drug-likeness (QED) is 0.723. The third-order valence-electron chi connectivity index (χ3n) is 4.39. The van der Waals surface area contributed by atoms with Crippen LogP contribution < -0.4 is 20.1 Å². The van der Waals surface area contributed by atoms with Crippen LogP contribution in [0.25, 0.3) is 11.1 Å². The molecule has 2 aromatic carbocycles. The van der Waals surface area contributed by atoms with Gasteiger partial charge in [-0.25, -0.2) is 0 Å². The van der Waals surface area contributed by atoms with Gasteiger partial charge in [0.15, 0.2) is 11.5 Å². The molecular weight excluding hydrogens is 348 g/mol. The van der Waals surface area contributed by atoms with Crippen molar-refractivity contribution in [3.63, 3.8) is 0 Å². The number of hydrogen-bond donors (Lipinski definition) is 2. The van der Waals surface area contributed by atoms with E-state index in [0.29, 0.717) is 17.1 Å². The molecule has 3 aromatic rings. The van der Waals surface area contributed by atoms with E-state index in [2.05, 4.69) is 10.6 Å². The minimum atomic E-state index is -0.322. The summed E-state index contributed by atoms with van der Waals surface area (Å²) in [6, 6.07) is 15.5. The second-order valence-corrected chi connectivity index (χ2v) is 6.76. The predicted octanol–water partition coefficient (Wildman–Crippen LogP) is 4.29. The normalized spacial score (nSPS) is 15.6. The summed E-state index contributed by atoms with van der Waals surface area (Å²) < 4.78 is 10.6. The second-order valence-electron chi connectivity index (χ2n) is 5.88. The topological polar surface area (TPSA) is 59.6 Å². The molecule has 0 fully saturated rings. The molecule has 132 valence electrons. The first kappa shape index (κ1) is 16.5. The maximum Gasteiger partial charge on any atom is 0.256 e. The number of hydrogen-bond acceptors (Lipinski definition) is 5. The maximum atomic E-state index is 12.8. The number of anilines is 1. The first-order valence-electron chi connectivity index (χ1n) is 8.17. The van der Waals surface area contributed by atoms with Crippen LogP contribution >= 0.6 is 11.3 Å². The van der Waals surface area contributed by atoms with Gasteiger partial charge in [-0.2, -0.15) is 0 Å². The van der Waals surface area contributed by atoms with Crippen molar-refractivity contribution in [3.8, 4) is 22.6 Å². The summed E-state index contributed by atoms with van der Waals surface area (Å²) in [5.41, 5.74) is 3.57. The molecule has 0 saturated heterocycles. The Labute approximate surface area is 155 Å². The van der Waals surface area contributed by atoms with Crippen molar-refractivity contribution in [3.05, 3.63) is 65.0 Å². The number of fused-ring (bicyclic) bond motifs is 1. The molecule has 1 aliphatic rings. The van der Waals surface area contributed by atoms with E-state index in [9.17, 15) is 4.79 Å². The standard InChI is InChI=1S/C20H18N2O3S/c1-24-15-9-8-13(10-16(15)25-2)18-21-19(23)17-14(11-26-20(17)22-18)12-6-4-3-5-7-12/h3-11,18,22H,1-2H3,(H,21,23)/t18-/m0/s1. The molecule has 0 aliphatic carbocycles. The molecule has 4 rings (SSSR count). The summed E-state index contributed by atoms with van der Waals surface area (Å²) in [7, 11) is 3.19. The summed E-state index contributed by atoms with van der Waals surface area (Å²) >= 11 is 1.54. The highest BCUT2D eigenvalue weighted by Crippen LogP contribution is 2.40. The zero-order valence-corrected chi connectivity index (χ0v) is 15.2. The van der Waals surface area contributed by atoms with Crippen LogP contribution in [-0.2, 0) is 0 Å². The van der Waals surface area contributed by atoms with Crippen LogP contribution in [0.15, 0.2) is 53.9 Å². The van der Waals surface area contributed by atoms with Gasteiger partial charge in [0, 0.05) is 10.9 Å². The molecule has 0 saturated carbocycles. The van der Waals surface area contributed by atoms with Crippen LogP contribution in [0.1, 0.15) is 22.1 Å². The SMILES string of the molecule is COc1ccc([C@H]2NC(=O)c3c(-c4ccccc4)csc3N2)cc1OC. The third-order valence-corrected chi connectivity index (χ3v) is 5.31. The molecule has 0 radical (unpaired) electrons. The maximum absolute atomic E-state index is 12.8. The lowest BCUT2D eigenvalue weighted by Gasteiger charge is -2.27. The van der Waals surface area contributed by atoms with Gasteiger partial charge in [-0.3, -0.25) is 4.79 Å². The average molecular weight is 366 g/mol. The van der Waals surface area contributed by atoms with E-state index < -0.39 is 0 Å². The van der Waals surface area contributed by atoms with Crippen molar-refractivity contribution in [1.29, 1.82) is 0 Å². The van der Waals surface area contributed by atoms with Gasteiger partial charge < -0.3 is 20.1 Å². The van der Waals surface area contributed by atoms with E-state index in [1.54, 1.807) is 14.2 Å². The summed E-state index contributed by atoms with van der Waals surface area (Å²) in [6.07, 6.45) is -0.322. The molecule has 2 heterocycles. The molecular formula is C20H18N2O3S. The van der Waals surface area contributed by atoms with Crippen molar-refractivity contribution in [2.24, 2.45) is 0 Å². The number of methoxy groups -OCH3 is 2. The number of benzene rings is 2. The average Bonchev–Trinajstić information content (AvgIpc) is 3.12. The van der Waals surface area contributed by atoms with Crippen LogP contribution in [0.3, 0.4) is 0 Å². The Bertz CT molecular complexity index is 953. The fourth-order valence-electron chi connectivity index (χ4n) is 3.09. The number of rotatable bonds is 4. The number of carbonyl (C=O) groups is 1. The molecule has 0 spiro atoms. The molecule has 0 bridgehead atoms. The number of ether oxygens (including phenoxy) is 2. The first-order valence-corrected chi connectivity index (χ1v) is 9.05. The molecule has 1 aromatic heterocycles. The van der Waals surface area contributed by atoms with Crippen molar-refractivity contribution >= 4 is 22.2 Å². The highest BCUT2D eigenvalue weighted by Gasteiger charge is 2.29. The van der Waals surface area contributed by atoms with Crippen LogP contribution in [0.4, 0.5) is 5.00 Å². The minimum absolute atomic E-state index is 0.0846. The molecule has 26 heavy (non-hydrogen) atoms. The molecule has 1 atom stereocenters. The highest BCUT2D eigenvalue weighted by atomic mass is 32.1. The summed E-state index contributed by atoms with van der Waals surface area (Å²) in [5, 5.41) is 9.33. The molecule has 2 N–H and O–H groups in total. The monoisotopic (exact) mass is 366 g/mol. The van der Waals surface area contributed by atoms with Crippen molar-refractivity contribution in [2.45, 2.75) is 6.17 Å². The van der Waals surface area contributed by atoms with Crippen LogP contribution in [0.2, 0.25) is 0 Å². The van der Waals surface area contributed by atoms with Gasteiger partial charge in [-0.1, -0.05) is 36.4 Å². The lowest BCUT2D eigenvalue weighted by atomic mass is 10.0. The summed E-state index contributed by atoms with van der Waals surface area (Å²) in [6.45, 7) is 0. The third kappa shape index (κ3) is 2.78. The fourth-order valence-corrected chi connectivity index (χ4v) is 4.09. The van der Waals surface area contributed by atoms with E-state index in [1.807, 2.05) is 53.9 Å². The van der Waals surface area contributed by atoms with Crippen LogP contribution in [0, 0.1) is 0 Å². The first-order chi connectivity index (χ1) is 12.7. The lowest BCUT2D eigenvalue weighted by molar-refractivity contribution is 0.0937. The van der Waals surface area contributed by atoms with E-state index in [0.717, 1.165) is 21.7 Å². The number of carbonyl (C=O) groups excluding carboxylic acids is 1. The molecule has 5 nitrogen and oxygen atoms in total. The molecule has 1 amide bonds. The van der Waals surface area contributed by atoms with E-state index in [4.69, 9.17) is 9.47 Å². The molecule has 6 heteroatoms.